The van der Waals surface area contributed by atoms with Crippen molar-refractivity contribution in [2.75, 3.05) is 12.4 Å². The van der Waals surface area contributed by atoms with Gasteiger partial charge in [0.15, 0.2) is 0 Å². The van der Waals surface area contributed by atoms with Crippen LogP contribution in [0.1, 0.15) is 12.0 Å². The Balaban J connectivity index is 1.64. The SMILES string of the molecule is CN(Cc1ccc(Cl)cc1Cl)C(=O)C[C@H]1Sc2ccccc2NC1=O. The first-order valence-electron chi connectivity index (χ1n) is 7.68. The minimum atomic E-state index is -0.439. The molecule has 0 unspecified atom stereocenters. The molecule has 0 fully saturated rings. The van der Waals surface area contributed by atoms with Crippen LogP contribution in [0.15, 0.2) is 47.4 Å². The summed E-state index contributed by atoms with van der Waals surface area (Å²) in [6.07, 6.45) is 0.131. The summed E-state index contributed by atoms with van der Waals surface area (Å²) in [6, 6.07) is 12.8. The number of para-hydroxylation sites is 1. The van der Waals surface area contributed by atoms with Crippen molar-refractivity contribution in [2.45, 2.75) is 23.1 Å². The summed E-state index contributed by atoms with van der Waals surface area (Å²) >= 11 is 13.5. The number of rotatable bonds is 4. The average molecular weight is 395 g/mol. The minimum Gasteiger partial charge on any atom is -0.341 e. The molecule has 1 aliphatic rings. The maximum Gasteiger partial charge on any atom is 0.238 e. The lowest BCUT2D eigenvalue weighted by Crippen LogP contribution is -2.35. The molecule has 0 saturated heterocycles. The summed E-state index contributed by atoms with van der Waals surface area (Å²) in [5.41, 5.74) is 1.61. The van der Waals surface area contributed by atoms with Crippen molar-refractivity contribution in [3.8, 4) is 0 Å². The highest BCUT2D eigenvalue weighted by Gasteiger charge is 2.29. The molecule has 2 aromatic carbocycles. The fraction of sp³-hybridized carbons (Fsp3) is 0.222. The molecular formula is C18H16Cl2N2O2S. The van der Waals surface area contributed by atoms with Gasteiger partial charge in [0.25, 0.3) is 0 Å². The fourth-order valence-corrected chi connectivity index (χ4v) is 4.10. The van der Waals surface area contributed by atoms with Gasteiger partial charge in [-0.15, -0.1) is 11.8 Å². The molecule has 0 bridgehead atoms. The van der Waals surface area contributed by atoms with Crippen molar-refractivity contribution >= 4 is 52.5 Å². The Hall–Kier alpha value is -1.69. The average Bonchev–Trinajstić information content (AvgIpc) is 2.58. The summed E-state index contributed by atoms with van der Waals surface area (Å²) in [5, 5.41) is 3.49. The van der Waals surface area contributed by atoms with Gasteiger partial charge in [0.1, 0.15) is 0 Å². The van der Waals surface area contributed by atoms with E-state index in [9.17, 15) is 9.59 Å². The maximum atomic E-state index is 12.5. The van der Waals surface area contributed by atoms with E-state index in [-0.39, 0.29) is 18.2 Å². The van der Waals surface area contributed by atoms with Gasteiger partial charge in [-0.05, 0) is 29.8 Å². The van der Waals surface area contributed by atoms with E-state index < -0.39 is 5.25 Å². The van der Waals surface area contributed by atoms with Gasteiger partial charge in [-0.25, -0.2) is 0 Å². The van der Waals surface area contributed by atoms with Crippen LogP contribution in [0.3, 0.4) is 0 Å². The fourth-order valence-electron chi connectivity index (χ4n) is 2.54. The lowest BCUT2D eigenvalue weighted by atomic mass is 10.2. The molecule has 4 nitrogen and oxygen atoms in total. The van der Waals surface area contributed by atoms with Crippen molar-refractivity contribution in [2.24, 2.45) is 0 Å². The molecule has 2 aromatic rings. The van der Waals surface area contributed by atoms with Gasteiger partial charge in [0.05, 0.1) is 10.9 Å². The molecule has 0 aromatic heterocycles. The second-order valence-electron chi connectivity index (χ2n) is 5.78. The van der Waals surface area contributed by atoms with Crippen molar-refractivity contribution in [1.29, 1.82) is 0 Å². The maximum absolute atomic E-state index is 12.5. The normalized spacial score (nSPS) is 16.1. The number of amides is 2. The van der Waals surface area contributed by atoms with Gasteiger partial charge in [-0.2, -0.15) is 0 Å². The molecule has 0 spiro atoms. The lowest BCUT2D eigenvalue weighted by molar-refractivity contribution is -0.131. The molecule has 130 valence electrons. The van der Waals surface area contributed by atoms with Gasteiger partial charge in [0, 0.05) is 35.0 Å². The third kappa shape index (κ3) is 4.29. The molecule has 1 atom stereocenters. The van der Waals surface area contributed by atoms with E-state index in [4.69, 9.17) is 23.2 Å². The van der Waals surface area contributed by atoms with Crippen LogP contribution in [-0.4, -0.2) is 29.0 Å². The second-order valence-corrected chi connectivity index (χ2v) is 7.87. The number of nitrogens with zero attached hydrogens (tertiary/aromatic N) is 1. The largest absolute Gasteiger partial charge is 0.341 e. The third-order valence-electron chi connectivity index (χ3n) is 3.91. The first-order chi connectivity index (χ1) is 11.9. The van der Waals surface area contributed by atoms with E-state index in [0.29, 0.717) is 16.6 Å². The van der Waals surface area contributed by atoms with E-state index in [1.807, 2.05) is 24.3 Å². The minimum absolute atomic E-state index is 0.113. The van der Waals surface area contributed by atoms with E-state index in [1.165, 1.54) is 11.8 Å². The predicted octanol–water partition coefficient (Wildman–Crippen LogP) is 4.45. The van der Waals surface area contributed by atoms with Gasteiger partial charge in [-0.3, -0.25) is 9.59 Å². The summed E-state index contributed by atoms with van der Waals surface area (Å²) < 4.78 is 0. The first kappa shape index (κ1) is 18.1. The highest BCUT2D eigenvalue weighted by molar-refractivity contribution is 8.01. The van der Waals surface area contributed by atoms with E-state index in [2.05, 4.69) is 5.32 Å². The van der Waals surface area contributed by atoms with E-state index >= 15 is 0 Å². The van der Waals surface area contributed by atoms with E-state index in [0.717, 1.165) is 16.1 Å². The summed E-state index contributed by atoms with van der Waals surface area (Å²) in [5.74, 6) is -0.256. The third-order valence-corrected chi connectivity index (χ3v) is 5.78. The molecule has 1 aliphatic heterocycles. The van der Waals surface area contributed by atoms with Gasteiger partial charge in [-0.1, -0.05) is 41.4 Å². The molecule has 3 rings (SSSR count). The Morgan fingerprint density at radius 3 is 2.76 bits per heavy atom. The zero-order valence-electron chi connectivity index (χ0n) is 13.5. The second kappa shape index (κ2) is 7.68. The Bertz CT molecular complexity index is 828. The van der Waals surface area contributed by atoms with Crippen molar-refractivity contribution in [3.63, 3.8) is 0 Å². The molecule has 1 heterocycles. The highest BCUT2D eigenvalue weighted by atomic mass is 35.5. The molecular weight excluding hydrogens is 379 g/mol. The molecule has 2 amide bonds. The number of nitrogens with one attached hydrogen (secondary N) is 1. The van der Waals surface area contributed by atoms with Crippen molar-refractivity contribution in [3.05, 3.63) is 58.1 Å². The molecule has 1 N–H and O–H groups in total. The quantitative estimate of drug-likeness (QED) is 0.832. The number of carbonyl (C=O) groups excluding carboxylic acids is 2. The highest BCUT2D eigenvalue weighted by Crippen LogP contribution is 2.36. The number of thioether (sulfide) groups is 1. The monoisotopic (exact) mass is 394 g/mol. The molecule has 7 heteroatoms. The van der Waals surface area contributed by atoms with Crippen LogP contribution < -0.4 is 5.32 Å². The number of anilines is 1. The zero-order chi connectivity index (χ0) is 18.0. The predicted molar refractivity (Wildman–Crippen MR) is 102 cm³/mol. The zero-order valence-corrected chi connectivity index (χ0v) is 15.8. The summed E-state index contributed by atoms with van der Waals surface area (Å²) in [6.45, 7) is 0.366. The van der Waals surface area contributed by atoms with Crippen LogP contribution in [-0.2, 0) is 16.1 Å². The Kier molecular flexibility index (Phi) is 5.57. The number of hydrogen-bond donors (Lipinski definition) is 1. The molecule has 0 aliphatic carbocycles. The molecule has 0 saturated carbocycles. The first-order valence-corrected chi connectivity index (χ1v) is 9.32. The van der Waals surface area contributed by atoms with Gasteiger partial charge >= 0.3 is 0 Å². The van der Waals surface area contributed by atoms with Crippen LogP contribution in [0.2, 0.25) is 10.0 Å². The van der Waals surface area contributed by atoms with Crippen LogP contribution in [0.25, 0.3) is 0 Å². The number of benzene rings is 2. The number of halogens is 2. The van der Waals surface area contributed by atoms with Crippen molar-refractivity contribution < 1.29 is 9.59 Å². The lowest BCUT2D eigenvalue weighted by Gasteiger charge is -2.25. The number of hydrogen-bond acceptors (Lipinski definition) is 3. The Morgan fingerprint density at radius 1 is 1.24 bits per heavy atom. The molecule has 0 radical (unpaired) electrons. The van der Waals surface area contributed by atoms with Crippen LogP contribution in [0.4, 0.5) is 5.69 Å². The van der Waals surface area contributed by atoms with E-state index in [1.54, 1.807) is 30.1 Å². The number of fused-ring (bicyclic) bond motifs is 1. The molecule has 25 heavy (non-hydrogen) atoms. The topological polar surface area (TPSA) is 49.4 Å². The van der Waals surface area contributed by atoms with Gasteiger partial charge in [0.2, 0.25) is 11.8 Å². The van der Waals surface area contributed by atoms with Gasteiger partial charge < -0.3 is 10.2 Å². The summed E-state index contributed by atoms with van der Waals surface area (Å²) in [4.78, 5) is 27.3. The van der Waals surface area contributed by atoms with Crippen LogP contribution in [0.5, 0.6) is 0 Å². The van der Waals surface area contributed by atoms with Crippen molar-refractivity contribution in [1.82, 2.24) is 4.90 Å². The smallest absolute Gasteiger partial charge is 0.238 e. The Labute approximate surface area is 160 Å². The summed E-state index contributed by atoms with van der Waals surface area (Å²) in [7, 11) is 1.70. The Morgan fingerprint density at radius 2 is 2.00 bits per heavy atom. The number of carbonyl (C=O) groups is 2. The van der Waals surface area contributed by atoms with Crippen LogP contribution in [0, 0.1) is 0 Å². The standard InChI is InChI=1S/C18H16Cl2N2O2S/c1-22(10-11-6-7-12(19)8-13(11)20)17(23)9-16-18(24)21-14-4-2-3-5-15(14)25-16/h2-8,16H,9-10H2,1H3,(H,21,24)/t16-/m1/s1. The van der Waals surface area contributed by atoms with Crippen LogP contribution >= 0.6 is 35.0 Å².